The van der Waals surface area contributed by atoms with Gasteiger partial charge in [-0.3, -0.25) is 4.79 Å². The van der Waals surface area contributed by atoms with Gasteiger partial charge in [-0.25, -0.2) is 0 Å². The van der Waals surface area contributed by atoms with E-state index in [1.54, 1.807) is 0 Å². The average Bonchev–Trinajstić information content (AvgIpc) is 2.95. The lowest BCUT2D eigenvalue weighted by Crippen LogP contribution is -2.36. The van der Waals surface area contributed by atoms with E-state index in [1.165, 1.54) is 11.5 Å². The number of rotatable bonds is 3. The Balaban J connectivity index is 1.67. The smallest absolute Gasteiger partial charge is 0.277 e. The van der Waals surface area contributed by atoms with E-state index in [1.807, 2.05) is 31.2 Å². The van der Waals surface area contributed by atoms with Crippen LogP contribution in [0, 0.1) is 6.92 Å². The predicted molar refractivity (Wildman–Crippen MR) is 82.1 cm³/mol. The summed E-state index contributed by atoms with van der Waals surface area (Å²) in [5, 5.41) is 6.67. The fourth-order valence-electron chi connectivity index (χ4n) is 2.21. The van der Waals surface area contributed by atoms with Crippen LogP contribution in [0.5, 0.6) is 0 Å². The van der Waals surface area contributed by atoms with Crippen LogP contribution < -0.4 is 10.2 Å². The van der Waals surface area contributed by atoms with Crippen LogP contribution in [0.25, 0.3) is 0 Å². The minimum absolute atomic E-state index is 0.222. The Labute approximate surface area is 126 Å². The van der Waals surface area contributed by atoms with Crippen molar-refractivity contribution in [3.05, 3.63) is 34.8 Å². The lowest BCUT2D eigenvalue weighted by molar-refractivity contribution is 0.102. The topological polar surface area (TPSA) is 67.4 Å². The van der Waals surface area contributed by atoms with E-state index in [-0.39, 0.29) is 5.91 Å². The highest BCUT2D eigenvalue weighted by atomic mass is 32.1. The molecule has 1 aliphatic rings. The molecule has 1 aromatic carbocycles. The molecule has 1 aromatic heterocycles. The maximum Gasteiger partial charge on any atom is 0.277 e. The predicted octanol–water partition coefficient (Wildman–Crippen LogP) is 1.94. The van der Waals surface area contributed by atoms with Crippen LogP contribution in [0.2, 0.25) is 0 Å². The number of nitrogens with one attached hydrogen (secondary N) is 1. The summed E-state index contributed by atoms with van der Waals surface area (Å²) in [5.41, 5.74) is 2.28. The van der Waals surface area contributed by atoms with Gasteiger partial charge < -0.3 is 15.0 Å². The second-order valence-electron chi connectivity index (χ2n) is 4.78. The number of nitrogens with zero attached hydrogens (tertiary/aromatic N) is 3. The Bertz CT molecular complexity index is 620. The fraction of sp³-hybridized carbons (Fsp3) is 0.357. The first kappa shape index (κ1) is 14.0. The zero-order chi connectivity index (χ0) is 14.7. The Morgan fingerprint density at radius 1 is 1.29 bits per heavy atom. The van der Waals surface area contributed by atoms with Crippen molar-refractivity contribution in [2.75, 3.05) is 36.5 Å². The third-order valence-electron chi connectivity index (χ3n) is 3.37. The molecule has 2 heterocycles. The highest BCUT2D eigenvalue weighted by molar-refractivity contribution is 7.05. The van der Waals surface area contributed by atoms with Gasteiger partial charge in [-0.05, 0) is 42.7 Å². The summed E-state index contributed by atoms with van der Waals surface area (Å²) in [7, 11) is 0. The number of carbonyl (C=O) groups excluding carboxylic acids is 1. The van der Waals surface area contributed by atoms with E-state index in [2.05, 4.69) is 19.8 Å². The third-order valence-corrected chi connectivity index (χ3v) is 4.00. The maximum atomic E-state index is 12.0. The maximum absolute atomic E-state index is 12.0. The van der Waals surface area contributed by atoms with Crippen molar-refractivity contribution in [1.29, 1.82) is 0 Å². The summed E-state index contributed by atoms with van der Waals surface area (Å²) < 4.78 is 9.11. The van der Waals surface area contributed by atoms with Gasteiger partial charge in [-0.1, -0.05) is 4.49 Å². The molecule has 0 unspecified atom stereocenters. The average molecular weight is 304 g/mol. The van der Waals surface area contributed by atoms with Gasteiger partial charge in [0.05, 0.1) is 18.1 Å². The van der Waals surface area contributed by atoms with Crippen LogP contribution in [-0.4, -0.2) is 41.8 Å². The number of aromatic nitrogens is 2. The van der Waals surface area contributed by atoms with Crippen molar-refractivity contribution in [3.8, 4) is 0 Å². The summed E-state index contributed by atoms with van der Waals surface area (Å²) in [6.07, 6.45) is 0. The molecule has 1 fully saturated rings. The molecule has 1 N–H and O–H groups in total. The van der Waals surface area contributed by atoms with Crippen molar-refractivity contribution >= 4 is 28.8 Å². The molecule has 0 atom stereocenters. The molecule has 21 heavy (non-hydrogen) atoms. The number of hydrogen-bond donors (Lipinski definition) is 1. The van der Waals surface area contributed by atoms with Gasteiger partial charge in [-0.15, -0.1) is 5.10 Å². The van der Waals surface area contributed by atoms with Gasteiger partial charge >= 0.3 is 0 Å². The van der Waals surface area contributed by atoms with Crippen LogP contribution >= 0.6 is 11.5 Å². The number of aryl methyl sites for hydroxylation is 1. The number of hydrogen-bond acceptors (Lipinski definition) is 6. The molecule has 0 aliphatic carbocycles. The first-order valence-electron chi connectivity index (χ1n) is 6.77. The normalized spacial score (nSPS) is 15.0. The first-order valence-corrected chi connectivity index (χ1v) is 7.54. The van der Waals surface area contributed by atoms with Crippen LogP contribution in [0.1, 0.15) is 15.4 Å². The minimum Gasteiger partial charge on any atom is -0.378 e. The number of morpholine rings is 1. The molecule has 0 saturated carbocycles. The van der Waals surface area contributed by atoms with E-state index < -0.39 is 0 Å². The molecule has 2 aromatic rings. The van der Waals surface area contributed by atoms with E-state index >= 15 is 0 Å². The van der Waals surface area contributed by atoms with Crippen LogP contribution in [0.4, 0.5) is 11.4 Å². The molecule has 3 rings (SSSR count). The Morgan fingerprint density at radius 3 is 2.62 bits per heavy atom. The van der Waals surface area contributed by atoms with Crippen molar-refractivity contribution in [2.45, 2.75) is 6.92 Å². The SMILES string of the molecule is Cc1snnc1C(=O)Nc1ccc(N2CCOCC2)cc1. The van der Waals surface area contributed by atoms with Crippen LogP contribution in [-0.2, 0) is 4.74 Å². The first-order chi connectivity index (χ1) is 10.2. The van der Waals surface area contributed by atoms with Crippen molar-refractivity contribution < 1.29 is 9.53 Å². The van der Waals surface area contributed by atoms with Gasteiger partial charge in [0.25, 0.3) is 5.91 Å². The summed E-state index contributed by atoms with van der Waals surface area (Å²) in [5.74, 6) is -0.222. The Hall–Kier alpha value is -1.99. The monoisotopic (exact) mass is 304 g/mol. The van der Waals surface area contributed by atoms with Gasteiger partial charge in [0, 0.05) is 24.5 Å². The second-order valence-corrected chi connectivity index (χ2v) is 5.74. The van der Waals surface area contributed by atoms with Gasteiger partial charge in [0.1, 0.15) is 0 Å². The molecule has 110 valence electrons. The zero-order valence-corrected chi connectivity index (χ0v) is 12.5. The van der Waals surface area contributed by atoms with Crippen LogP contribution in [0.3, 0.4) is 0 Å². The molecule has 0 radical (unpaired) electrons. The Morgan fingerprint density at radius 2 is 2.00 bits per heavy atom. The third kappa shape index (κ3) is 3.20. The molecule has 7 heteroatoms. The molecule has 0 spiro atoms. The number of benzene rings is 1. The largest absolute Gasteiger partial charge is 0.378 e. The van der Waals surface area contributed by atoms with Crippen molar-refractivity contribution in [3.63, 3.8) is 0 Å². The number of anilines is 2. The quantitative estimate of drug-likeness (QED) is 0.938. The van der Waals surface area contributed by atoms with Gasteiger partial charge in [0.2, 0.25) is 0 Å². The molecule has 6 nitrogen and oxygen atoms in total. The summed E-state index contributed by atoms with van der Waals surface area (Å²) in [6, 6.07) is 7.82. The zero-order valence-electron chi connectivity index (χ0n) is 11.7. The highest BCUT2D eigenvalue weighted by Crippen LogP contribution is 2.20. The van der Waals surface area contributed by atoms with Crippen LogP contribution in [0.15, 0.2) is 24.3 Å². The van der Waals surface area contributed by atoms with E-state index in [4.69, 9.17) is 4.74 Å². The van der Waals surface area contributed by atoms with Crippen molar-refractivity contribution in [2.24, 2.45) is 0 Å². The molecular formula is C14H16N4O2S. The second kappa shape index (κ2) is 6.19. The summed E-state index contributed by atoms with van der Waals surface area (Å²) in [6.45, 7) is 5.15. The lowest BCUT2D eigenvalue weighted by Gasteiger charge is -2.28. The highest BCUT2D eigenvalue weighted by Gasteiger charge is 2.14. The molecular weight excluding hydrogens is 288 g/mol. The van der Waals surface area contributed by atoms with E-state index in [0.717, 1.165) is 42.6 Å². The van der Waals surface area contributed by atoms with Crippen molar-refractivity contribution in [1.82, 2.24) is 9.59 Å². The number of amides is 1. The number of ether oxygens (including phenoxy) is 1. The molecule has 1 amide bonds. The fourth-order valence-corrected chi connectivity index (χ4v) is 2.67. The summed E-state index contributed by atoms with van der Waals surface area (Å²) >= 11 is 1.22. The Kier molecular flexibility index (Phi) is 4.12. The van der Waals surface area contributed by atoms with E-state index in [0.29, 0.717) is 5.69 Å². The number of carbonyl (C=O) groups is 1. The molecule has 1 aliphatic heterocycles. The standard InChI is InChI=1S/C14H16N4O2S/c1-10-13(16-17-21-10)14(19)15-11-2-4-12(5-3-11)18-6-8-20-9-7-18/h2-5H,6-9H2,1H3,(H,15,19). The lowest BCUT2D eigenvalue weighted by atomic mass is 10.2. The summed E-state index contributed by atoms with van der Waals surface area (Å²) in [4.78, 5) is 15.1. The molecule has 1 saturated heterocycles. The van der Waals surface area contributed by atoms with Gasteiger partial charge in [-0.2, -0.15) is 0 Å². The van der Waals surface area contributed by atoms with E-state index in [9.17, 15) is 4.79 Å². The minimum atomic E-state index is -0.222. The van der Waals surface area contributed by atoms with Gasteiger partial charge in [0.15, 0.2) is 5.69 Å². The molecule has 0 bridgehead atoms.